The van der Waals surface area contributed by atoms with Crippen molar-refractivity contribution >= 4 is 31.9 Å². The van der Waals surface area contributed by atoms with Crippen molar-refractivity contribution in [2.24, 2.45) is 0 Å². The Morgan fingerprint density at radius 3 is 2.20 bits per heavy atom. The molecular weight excluding hydrogens is 316 g/mol. The third-order valence-corrected chi connectivity index (χ3v) is 3.40. The van der Waals surface area contributed by atoms with Gasteiger partial charge in [0.2, 0.25) is 0 Å². The molecule has 15 heavy (non-hydrogen) atoms. The van der Waals surface area contributed by atoms with Crippen LogP contribution in [0.25, 0.3) is 0 Å². The molecule has 84 valence electrons. The first-order valence-corrected chi connectivity index (χ1v) is 7.44. The smallest absolute Gasteiger partial charge is 0.0697 e. The van der Waals surface area contributed by atoms with Crippen LogP contribution >= 0.6 is 31.9 Å². The summed E-state index contributed by atoms with van der Waals surface area (Å²) in [5, 5.41) is 0. The van der Waals surface area contributed by atoms with Gasteiger partial charge >= 0.3 is 0 Å². The molecule has 0 unspecified atom stereocenters. The molecule has 0 N–H and O–H groups in total. The molecule has 0 heterocycles. The maximum Gasteiger partial charge on any atom is 0.0697 e. The summed E-state index contributed by atoms with van der Waals surface area (Å²) < 4.78 is 0.499. The lowest BCUT2D eigenvalue weighted by atomic mass is 10.1. The van der Waals surface area contributed by atoms with Gasteiger partial charge in [0.15, 0.2) is 0 Å². The molecule has 1 aromatic rings. The standard InChI is InChI=1S/C13H18Br2/c14-13(15)11-7-2-1-4-8-12-9-5-3-6-10-12/h3,5-6,9-10,13H,1-2,4,7-8,11H2. The lowest BCUT2D eigenvalue weighted by Crippen LogP contribution is -1.88. The van der Waals surface area contributed by atoms with Crippen molar-refractivity contribution in [3.8, 4) is 0 Å². The van der Waals surface area contributed by atoms with Gasteiger partial charge in [-0.2, -0.15) is 0 Å². The minimum Gasteiger partial charge on any atom is -0.0765 e. The molecule has 2 heteroatoms. The van der Waals surface area contributed by atoms with E-state index in [1.165, 1.54) is 44.1 Å². The summed E-state index contributed by atoms with van der Waals surface area (Å²) in [4.78, 5) is 0. The number of alkyl halides is 2. The Balaban J connectivity index is 1.98. The summed E-state index contributed by atoms with van der Waals surface area (Å²) in [6.45, 7) is 0. The number of hydrogen-bond acceptors (Lipinski definition) is 0. The fourth-order valence-corrected chi connectivity index (χ4v) is 2.27. The number of hydrogen-bond donors (Lipinski definition) is 0. The Morgan fingerprint density at radius 2 is 1.53 bits per heavy atom. The molecule has 0 aromatic heterocycles. The lowest BCUT2D eigenvalue weighted by molar-refractivity contribution is 0.632. The summed E-state index contributed by atoms with van der Waals surface area (Å²) in [5.41, 5.74) is 1.47. The van der Waals surface area contributed by atoms with Gasteiger partial charge < -0.3 is 0 Å². The van der Waals surface area contributed by atoms with E-state index in [-0.39, 0.29) is 0 Å². The van der Waals surface area contributed by atoms with E-state index in [4.69, 9.17) is 0 Å². The second kappa shape index (κ2) is 8.35. The fraction of sp³-hybridized carbons (Fsp3) is 0.538. The van der Waals surface area contributed by atoms with E-state index < -0.39 is 0 Å². The third-order valence-electron chi connectivity index (χ3n) is 2.48. The summed E-state index contributed by atoms with van der Waals surface area (Å²) >= 11 is 6.99. The van der Waals surface area contributed by atoms with Crippen molar-refractivity contribution in [1.29, 1.82) is 0 Å². The molecule has 0 bridgehead atoms. The van der Waals surface area contributed by atoms with Crippen LogP contribution in [-0.2, 0) is 6.42 Å². The second-order valence-electron chi connectivity index (χ2n) is 3.83. The predicted octanol–water partition coefficient (Wildman–Crippen LogP) is 5.30. The zero-order chi connectivity index (χ0) is 10.9. The molecule has 0 aliphatic carbocycles. The van der Waals surface area contributed by atoms with Gasteiger partial charge in [-0.25, -0.2) is 0 Å². The van der Waals surface area contributed by atoms with Gasteiger partial charge in [-0.05, 0) is 24.8 Å². The van der Waals surface area contributed by atoms with Crippen molar-refractivity contribution in [1.82, 2.24) is 0 Å². The maximum atomic E-state index is 3.50. The molecule has 0 radical (unpaired) electrons. The minimum atomic E-state index is 0.499. The monoisotopic (exact) mass is 332 g/mol. The average molecular weight is 334 g/mol. The Bertz CT molecular complexity index is 244. The van der Waals surface area contributed by atoms with Gasteiger partial charge in [-0.1, -0.05) is 81.5 Å². The van der Waals surface area contributed by atoms with E-state index in [2.05, 4.69) is 62.2 Å². The minimum absolute atomic E-state index is 0.499. The molecule has 0 nitrogen and oxygen atoms in total. The van der Waals surface area contributed by atoms with Crippen molar-refractivity contribution in [2.75, 3.05) is 0 Å². The molecule has 1 rings (SSSR count). The Labute approximate surface area is 110 Å². The molecule has 1 aromatic carbocycles. The van der Waals surface area contributed by atoms with Crippen LogP contribution in [0.15, 0.2) is 30.3 Å². The molecule has 0 atom stereocenters. The second-order valence-corrected chi connectivity index (χ2v) is 7.27. The summed E-state index contributed by atoms with van der Waals surface area (Å²) in [7, 11) is 0. The number of benzene rings is 1. The molecular formula is C13H18Br2. The van der Waals surface area contributed by atoms with Crippen LogP contribution in [0.5, 0.6) is 0 Å². The Kier molecular flexibility index (Phi) is 7.37. The first-order valence-electron chi connectivity index (χ1n) is 5.61. The van der Waals surface area contributed by atoms with E-state index in [1.807, 2.05) is 0 Å². The summed E-state index contributed by atoms with van der Waals surface area (Å²) in [6.07, 6.45) is 7.79. The van der Waals surface area contributed by atoms with Gasteiger partial charge in [0.25, 0.3) is 0 Å². The van der Waals surface area contributed by atoms with Crippen LogP contribution in [0.3, 0.4) is 0 Å². The summed E-state index contributed by atoms with van der Waals surface area (Å²) in [5.74, 6) is 0. The first kappa shape index (κ1) is 13.2. The zero-order valence-corrected chi connectivity index (χ0v) is 12.1. The highest BCUT2D eigenvalue weighted by Gasteiger charge is 1.97. The van der Waals surface area contributed by atoms with Crippen LogP contribution in [-0.4, -0.2) is 3.74 Å². The number of rotatable bonds is 7. The van der Waals surface area contributed by atoms with Crippen LogP contribution in [0.1, 0.15) is 37.7 Å². The van der Waals surface area contributed by atoms with Crippen molar-refractivity contribution < 1.29 is 0 Å². The van der Waals surface area contributed by atoms with E-state index in [0.717, 1.165) is 0 Å². The molecule has 0 aliphatic heterocycles. The lowest BCUT2D eigenvalue weighted by Gasteiger charge is -2.02. The van der Waals surface area contributed by atoms with E-state index in [9.17, 15) is 0 Å². The van der Waals surface area contributed by atoms with Crippen LogP contribution in [0.2, 0.25) is 0 Å². The van der Waals surface area contributed by atoms with E-state index in [0.29, 0.717) is 3.74 Å². The van der Waals surface area contributed by atoms with Crippen molar-refractivity contribution in [3.05, 3.63) is 35.9 Å². The highest BCUT2D eigenvalue weighted by atomic mass is 79.9. The highest BCUT2D eigenvalue weighted by Crippen LogP contribution is 2.17. The first-order chi connectivity index (χ1) is 7.29. The molecule has 0 spiro atoms. The topological polar surface area (TPSA) is 0 Å². The van der Waals surface area contributed by atoms with Crippen molar-refractivity contribution in [3.63, 3.8) is 0 Å². The van der Waals surface area contributed by atoms with Gasteiger partial charge in [0, 0.05) is 0 Å². The van der Waals surface area contributed by atoms with Crippen LogP contribution < -0.4 is 0 Å². The summed E-state index contributed by atoms with van der Waals surface area (Å²) in [6, 6.07) is 10.8. The number of halogens is 2. The molecule has 0 amide bonds. The van der Waals surface area contributed by atoms with Crippen LogP contribution in [0, 0.1) is 0 Å². The van der Waals surface area contributed by atoms with Gasteiger partial charge in [0.1, 0.15) is 0 Å². The van der Waals surface area contributed by atoms with Crippen molar-refractivity contribution in [2.45, 2.75) is 42.3 Å². The Hall–Kier alpha value is 0.180. The molecule has 0 fully saturated rings. The quantitative estimate of drug-likeness (QED) is 0.469. The highest BCUT2D eigenvalue weighted by molar-refractivity contribution is 9.24. The third kappa shape index (κ3) is 7.13. The fourth-order valence-electron chi connectivity index (χ4n) is 1.63. The number of unbranched alkanes of at least 4 members (excludes halogenated alkanes) is 3. The largest absolute Gasteiger partial charge is 0.0765 e. The van der Waals surface area contributed by atoms with Gasteiger partial charge in [-0.3, -0.25) is 0 Å². The Morgan fingerprint density at radius 1 is 0.867 bits per heavy atom. The predicted molar refractivity (Wildman–Crippen MR) is 74.9 cm³/mol. The average Bonchev–Trinajstić information content (AvgIpc) is 2.24. The molecule has 0 saturated carbocycles. The maximum absolute atomic E-state index is 3.50. The molecule has 0 aliphatic rings. The van der Waals surface area contributed by atoms with E-state index in [1.54, 1.807) is 0 Å². The zero-order valence-electron chi connectivity index (χ0n) is 8.96. The number of aryl methyl sites for hydroxylation is 1. The van der Waals surface area contributed by atoms with E-state index >= 15 is 0 Å². The normalized spacial score (nSPS) is 10.9. The van der Waals surface area contributed by atoms with Crippen LogP contribution in [0.4, 0.5) is 0 Å². The van der Waals surface area contributed by atoms with Gasteiger partial charge in [0.05, 0.1) is 3.74 Å². The van der Waals surface area contributed by atoms with Gasteiger partial charge in [-0.15, -0.1) is 0 Å². The molecule has 0 saturated heterocycles. The SMILES string of the molecule is BrC(Br)CCCCCCc1ccccc1.